The second-order valence-corrected chi connectivity index (χ2v) is 6.81. The zero-order chi connectivity index (χ0) is 17.6. The minimum atomic E-state index is 0.0229. The predicted octanol–water partition coefficient (Wildman–Crippen LogP) is 2.19. The average Bonchev–Trinajstić information content (AvgIpc) is 2.66. The summed E-state index contributed by atoms with van der Waals surface area (Å²) in [5.74, 6) is 0.282. The zero-order valence-corrected chi connectivity index (χ0v) is 14.8. The lowest BCUT2D eigenvalue weighted by molar-refractivity contribution is -0.145. The summed E-state index contributed by atoms with van der Waals surface area (Å²) in [5.41, 5.74) is 1.02. The van der Waals surface area contributed by atoms with Crippen molar-refractivity contribution in [2.45, 2.75) is 25.9 Å². The van der Waals surface area contributed by atoms with Crippen molar-refractivity contribution < 1.29 is 14.3 Å². The molecule has 0 radical (unpaired) electrons. The van der Waals surface area contributed by atoms with E-state index in [1.807, 2.05) is 53.1 Å². The number of hydrogen-bond donors (Lipinski definition) is 0. The maximum absolute atomic E-state index is 12.6. The molecule has 5 heteroatoms. The van der Waals surface area contributed by atoms with E-state index in [-0.39, 0.29) is 23.8 Å². The van der Waals surface area contributed by atoms with E-state index >= 15 is 0 Å². The molecule has 0 aromatic heterocycles. The highest BCUT2D eigenvalue weighted by atomic mass is 16.5. The van der Waals surface area contributed by atoms with Crippen LogP contribution < -0.4 is 0 Å². The smallest absolute Gasteiger partial charge is 0.246 e. The number of benzene rings is 1. The fourth-order valence-corrected chi connectivity index (χ4v) is 3.46. The minimum Gasteiger partial charge on any atom is -0.375 e. The number of piperidine rings is 1. The van der Waals surface area contributed by atoms with Crippen LogP contribution in [0.25, 0.3) is 6.08 Å². The van der Waals surface area contributed by atoms with Crippen LogP contribution in [0.4, 0.5) is 0 Å². The number of carbonyl (C=O) groups excluding carboxylic acids is 2. The molecule has 0 spiro atoms. The fourth-order valence-electron chi connectivity index (χ4n) is 3.46. The van der Waals surface area contributed by atoms with E-state index in [9.17, 15) is 9.59 Å². The van der Waals surface area contributed by atoms with Crippen LogP contribution in [0.15, 0.2) is 36.4 Å². The van der Waals surface area contributed by atoms with Crippen LogP contribution >= 0.6 is 0 Å². The lowest BCUT2D eigenvalue weighted by Crippen LogP contribution is -2.49. The maximum atomic E-state index is 12.6. The summed E-state index contributed by atoms with van der Waals surface area (Å²) < 4.78 is 5.50. The van der Waals surface area contributed by atoms with Crippen molar-refractivity contribution in [2.24, 2.45) is 5.92 Å². The van der Waals surface area contributed by atoms with Gasteiger partial charge in [-0.1, -0.05) is 30.3 Å². The van der Waals surface area contributed by atoms with Crippen molar-refractivity contribution in [3.63, 3.8) is 0 Å². The molecule has 0 saturated carbocycles. The van der Waals surface area contributed by atoms with Crippen molar-refractivity contribution in [3.05, 3.63) is 42.0 Å². The topological polar surface area (TPSA) is 49.9 Å². The standard InChI is InChI=1S/C20H26N2O3/c1-16-15-22(13-14-25-16)20(24)18-9-11-21(12-10-18)19(23)8-7-17-5-3-2-4-6-17/h2-8,16,18H,9-15H2,1H3/b8-7+. The second kappa shape index (κ2) is 8.30. The molecule has 2 fully saturated rings. The minimum absolute atomic E-state index is 0.0229. The van der Waals surface area contributed by atoms with Crippen LogP contribution in [-0.4, -0.2) is 60.5 Å². The third-order valence-electron chi connectivity index (χ3n) is 4.93. The Morgan fingerprint density at radius 1 is 1.08 bits per heavy atom. The molecule has 1 aromatic rings. The summed E-state index contributed by atoms with van der Waals surface area (Å²) in [7, 11) is 0. The first-order valence-electron chi connectivity index (χ1n) is 9.06. The summed E-state index contributed by atoms with van der Waals surface area (Å²) in [6.07, 6.45) is 5.07. The molecule has 2 amide bonds. The molecule has 0 N–H and O–H groups in total. The van der Waals surface area contributed by atoms with Crippen LogP contribution in [0.5, 0.6) is 0 Å². The molecular formula is C20H26N2O3. The highest BCUT2D eigenvalue weighted by Crippen LogP contribution is 2.21. The molecule has 2 saturated heterocycles. The van der Waals surface area contributed by atoms with Crippen LogP contribution in [0.1, 0.15) is 25.3 Å². The number of carbonyl (C=O) groups is 2. The Labute approximate surface area is 149 Å². The van der Waals surface area contributed by atoms with Crippen molar-refractivity contribution in [1.29, 1.82) is 0 Å². The van der Waals surface area contributed by atoms with E-state index in [0.717, 1.165) is 18.4 Å². The van der Waals surface area contributed by atoms with Gasteiger partial charge < -0.3 is 14.5 Å². The van der Waals surface area contributed by atoms with E-state index in [1.165, 1.54) is 0 Å². The highest BCUT2D eigenvalue weighted by Gasteiger charge is 2.31. The molecule has 0 aliphatic carbocycles. The van der Waals surface area contributed by atoms with Crippen molar-refractivity contribution in [1.82, 2.24) is 9.80 Å². The third kappa shape index (κ3) is 4.69. The Balaban J connectivity index is 1.49. The third-order valence-corrected chi connectivity index (χ3v) is 4.93. The largest absolute Gasteiger partial charge is 0.375 e. The predicted molar refractivity (Wildman–Crippen MR) is 96.8 cm³/mol. The van der Waals surface area contributed by atoms with Gasteiger partial charge in [0.15, 0.2) is 0 Å². The van der Waals surface area contributed by atoms with Crippen molar-refractivity contribution >= 4 is 17.9 Å². The summed E-state index contributed by atoms with van der Waals surface area (Å²) in [4.78, 5) is 28.7. The SMILES string of the molecule is CC1CN(C(=O)C2CCN(C(=O)/C=C/c3ccccc3)CC2)CCO1. The van der Waals surface area contributed by atoms with Gasteiger partial charge >= 0.3 is 0 Å². The first-order valence-corrected chi connectivity index (χ1v) is 9.06. The van der Waals surface area contributed by atoms with Crippen molar-refractivity contribution in [2.75, 3.05) is 32.8 Å². The lowest BCUT2D eigenvalue weighted by Gasteiger charge is -2.36. The van der Waals surface area contributed by atoms with Gasteiger partial charge in [0.05, 0.1) is 12.7 Å². The van der Waals surface area contributed by atoms with E-state index in [1.54, 1.807) is 6.08 Å². The Morgan fingerprint density at radius 2 is 1.80 bits per heavy atom. The normalized spacial score (nSPS) is 22.4. The van der Waals surface area contributed by atoms with Crippen LogP contribution in [0.3, 0.4) is 0 Å². The Hall–Kier alpha value is -2.14. The zero-order valence-electron chi connectivity index (χ0n) is 14.8. The molecule has 2 aliphatic rings. The molecule has 5 nitrogen and oxygen atoms in total. The van der Waals surface area contributed by atoms with E-state index in [0.29, 0.717) is 32.8 Å². The van der Waals surface area contributed by atoms with Gasteiger partial charge in [-0.25, -0.2) is 0 Å². The van der Waals surface area contributed by atoms with Gasteiger partial charge in [-0.15, -0.1) is 0 Å². The molecule has 2 heterocycles. The number of amides is 2. The first kappa shape index (κ1) is 17.7. The molecule has 2 aliphatic heterocycles. The van der Waals surface area contributed by atoms with Crippen molar-refractivity contribution in [3.8, 4) is 0 Å². The second-order valence-electron chi connectivity index (χ2n) is 6.81. The van der Waals surface area contributed by atoms with E-state index in [4.69, 9.17) is 4.74 Å². The summed E-state index contributed by atoms with van der Waals surface area (Å²) in [6, 6.07) is 9.80. The van der Waals surface area contributed by atoms with Gasteiger partial charge in [-0.05, 0) is 31.4 Å². The van der Waals surface area contributed by atoms with Crippen LogP contribution in [0, 0.1) is 5.92 Å². The number of rotatable bonds is 3. The summed E-state index contributed by atoms with van der Waals surface area (Å²) in [5, 5.41) is 0. The van der Waals surface area contributed by atoms with Gasteiger partial charge in [0.1, 0.15) is 0 Å². The van der Waals surface area contributed by atoms with Gasteiger partial charge in [-0.3, -0.25) is 9.59 Å². The number of hydrogen-bond acceptors (Lipinski definition) is 3. The molecule has 0 bridgehead atoms. The van der Waals surface area contributed by atoms with E-state index in [2.05, 4.69) is 0 Å². The number of nitrogens with zero attached hydrogens (tertiary/aromatic N) is 2. The van der Waals surface area contributed by atoms with Gasteiger partial charge in [-0.2, -0.15) is 0 Å². The van der Waals surface area contributed by atoms with Crippen LogP contribution in [-0.2, 0) is 14.3 Å². The molecule has 25 heavy (non-hydrogen) atoms. The molecule has 134 valence electrons. The quantitative estimate of drug-likeness (QED) is 0.791. The number of likely N-dealkylation sites (tertiary alicyclic amines) is 1. The first-order chi connectivity index (χ1) is 12.1. The molecule has 1 atom stereocenters. The molecular weight excluding hydrogens is 316 g/mol. The maximum Gasteiger partial charge on any atom is 0.246 e. The molecule has 1 aromatic carbocycles. The Morgan fingerprint density at radius 3 is 2.48 bits per heavy atom. The van der Waals surface area contributed by atoms with Gasteiger partial charge in [0.2, 0.25) is 11.8 Å². The summed E-state index contributed by atoms with van der Waals surface area (Å²) >= 11 is 0. The van der Waals surface area contributed by atoms with E-state index < -0.39 is 0 Å². The number of morpholine rings is 1. The van der Waals surface area contributed by atoms with Gasteiger partial charge in [0.25, 0.3) is 0 Å². The average molecular weight is 342 g/mol. The van der Waals surface area contributed by atoms with Gasteiger partial charge in [0, 0.05) is 38.2 Å². The van der Waals surface area contributed by atoms with Crippen LogP contribution in [0.2, 0.25) is 0 Å². The number of ether oxygens (including phenoxy) is 1. The highest BCUT2D eigenvalue weighted by molar-refractivity contribution is 5.92. The fraction of sp³-hybridized carbons (Fsp3) is 0.500. The molecule has 3 rings (SSSR count). The monoisotopic (exact) mass is 342 g/mol. The summed E-state index contributed by atoms with van der Waals surface area (Å²) in [6.45, 7) is 5.27. The Kier molecular flexibility index (Phi) is 5.87. The Bertz CT molecular complexity index is 621. The molecule has 1 unspecified atom stereocenters. The lowest BCUT2D eigenvalue weighted by atomic mass is 9.95.